The lowest BCUT2D eigenvalue weighted by molar-refractivity contribution is 0.342. The lowest BCUT2D eigenvalue weighted by Crippen LogP contribution is -2.00. The third-order valence-corrected chi connectivity index (χ3v) is 3.05. The van der Waals surface area contributed by atoms with Crippen LogP contribution in [0.5, 0.6) is 5.75 Å². The van der Waals surface area contributed by atoms with Crippen LogP contribution in [0.2, 0.25) is 0 Å². The molecule has 2 aromatic carbocycles. The Morgan fingerprint density at radius 1 is 1.29 bits per heavy atom. The van der Waals surface area contributed by atoms with E-state index in [1.807, 2.05) is 31.2 Å². The third kappa shape index (κ3) is 2.55. The third-order valence-electron chi connectivity index (χ3n) is 3.05. The number of oxazole rings is 1. The molecule has 108 valence electrons. The molecule has 0 aliphatic rings. The summed E-state index contributed by atoms with van der Waals surface area (Å²) in [5, 5.41) is 3.21. The van der Waals surface area contributed by atoms with Gasteiger partial charge in [-0.3, -0.25) is 4.98 Å². The molecule has 0 spiro atoms. The van der Waals surface area contributed by atoms with Crippen LogP contribution < -0.4 is 21.5 Å². The molecule has 6 nitrogen and oxygen atoms in total. The monoisotopic (exact) mass is 285 g/mol. The first-order valence-corrected chi connectivity index (χ1v) is 6.58. The van der Waals surface area contributed by atoms with Gasteiger partial charge in [-0.25, -0.2) is 4.79 Å². The second kappa shape index (κ2) is 5.24. The number of benzene rings is 2. The minimum absolute atomic E-state index is 0.432. The molecule has 21 heavy (non-hydrogen) atoms. The van der Waals surface area contributed by atoms with Crippen LogP contribution in [0.3, 0.4) is 0 Å². The zero-order valence-electron chi connectivity index (χ0n) is 11.5. The van der Waals surface area contributed by atoms with Gasteiger partial charge in [-0.2, -0.15) is 0 Å². The lowest BCUT2D eigenvalue weighted by Gasteiger charge is -2.13. The molecule has 4 N–H and O–H groups in total. The normalized spacial score (nSPS) is 10.7. The second-order valence-electron chi connectivity index (χ2n) is 4.50. The van der Waals surface area contributed by atoms with Crippen LogP contribution in [0.1, 0.15) is 6.92 Å². The van der Waals surface area contributed by atoms with Crippen LogP contribution >= 0.6 is 0 Å². The van der Waals surface area contributed by atoms with Crippen molar-refractivity contribution in [1.82, 2.24) is 4.98 Å². The van der Waals surface area contributed by atoms with E-state index in [4.69, 9.17) is 14.9 Å². The number of fused-ring (bicyclic) bond motifs is 1. The van der Waals surface area contributed by atoms with Crippen molar-refractivity contribution in [3.05, 3.63) is 46.9 Å². The Bertz CT molecular complexity index is 836. The van der Waals surface area contributed by atoms with E-state index in [1.54, 1.807) is 12.1 Å². The minimum atomic E-state index is -0.503. The molecule has 6 heteroatoms. The molecule has 1 aromatic heterocycles. The molecule has 0 atom stereocenters. The summed E-state index contributed by atoms with van der Waals surface area (Å²) in [7, 11) is 0. The highest BCUT2D eigenvalue weighted by molar-refractivity contribution is 5.87. The summed E-state index contributed by atoms with van der Waals surface area (Å²) in [6.07, 6.45) is 0. The van der Waals surface area contributed by atoms with Crippen LogP contribution in [-0.4, -0.2) is 11.6 Å². The molecule has 0 unspecified atom stereocenters. The van der Waals surface area contributed by atoms with Gasteiger partial charge in [0.25, 0.3) is 0 Å². The number of para-hydroxylation sites is 2. The number of hydrogen-bond donors (Lipinski definition) is 3. The summed E-state index contributed by atoms with van der Waals surface area (Å²) >= 11 is 0. The lowest BCUT2D eigenvalue weighted by atomic mass is 10.2. The Morgan fingerprint density at radius 2 is 2.10 bits per heavy atom. The Labute approximate surface area is 120 Å². The summed E-state index contributed by atoms with van der Waals surface area (Å²) in [6.45, 7) is 2.50. The smallest absolute Gasteiger partial charge is 0.417 e. The largest absolute Gasteiger partial charge is 0.492 e. The molecule has 0 fully saturated rings. The van der Waals surface area contributed by atoms with Crippen LogP contribution in [0.15, 0.2) is 45.6 Å². The van der Waals surface area contributed by atoms with Crippen LogP contribution in [0, 0.1) is 0 Å². The van der Waals surface area contributed by atoms with Gasteiger partial charge in [-0.1, -0.05) is 12.1 Å². The first-order valence-electron chi connectivity index (χ1n) is 6.58. The number of aromatic amines is 1. The summed E-state index contributed by atoms with van der Waals surface area (Å²) in [4.78, 5) is 13.8. The molecule has 3 rings (SSSR count). The number of hydrogen-bond acceptors (Lipinski definition) is 5. The first kappa shape index (κ1) is 13.1. The van der Waals surface area contributed by atoms with Crippen molar-refractivity contribution in [2.75, 3.05) is 17.7 Å². The predicted octanol–water partition coefficient (Wildman–Crippen LogP) is 2.85. The predicted molar refractivity (Wildman–Crippen MR) is 82.1 cm³/mol. The van der Waals surface area contributed by atoms with E-state index in [0.717, 1.165) is 11.4 Å². The van der Waals surface area contributed by atoms with Crippen molar-refractivity contribution in [2.45, 2.75) is 6.92 Å². The van der Waals surface area contributed by atoms with E-state index in [9.17, 15) is 4.79 Å². The molecule has 0 saturated heterocycles. The van der Waals surface area contributed by atoms with Gasteiger partial charge in [0.05, 0.1) is 29.2 Å². The van der Waals surface area contributed by atoms with Gasteiger partial charge in [0.15, 0.2) is 5.58 Å². The molecule has 0 aliphatic carbocycles. The second-order valence-corrected chi connectivity index (χ2v) is 4.50. The van der Waals surface area contributed by atoms with Crippen molar-refractivity contribution >= 4 is 28.2 Å². The van der Waals surface area contributed by atoms with Gasteiger partial charge >= 0.3 is 5.76 Å². The van der Waals surface area contributed by atoms with Crippen molar-refractivity contribution in [2.24, 2.45) is 0 Å². The van der Waals surface area contributed by atoms with Crippen molar-refractivity contribution < 1.29 is 9.15 Å². The summed E-state index contributed by atoms with van der Waals surface area (Å²) in [5.74, 6) is 0.233. The molecule has 1 heterocycles. The number of nitrogens with one attached hydrogen (secondary N) is 2. The summed E-state index contributed by atoms with van der Waals surface area (Å²) in [5.41, 5.74) is 8.97. The van der Waals surface area contributed by atoms with Gasteiger partial charge in [0, 0.05) is 6.07 Å². The van der Waals surface area contributed by atoms with E-state index in [2.05, 4.69) is 10.3 Å². The fraction of sp³-hybridized carbons (Fsp3) is 0.133. The number of ether oxygens (including phenoxy) is 1. The van der Waals surface area contributed by atoms with E-state index >= 15 is 0 Å². The molecular weight excluding hydrogens is 270 g/mol. The average Bonchev–Trinajstić information content (AvgIpc) is 2.81. The Morgan fingerprint density at radius 3 is 2.90 bits per heavy atom. The van der Waals surface area contributed by atoms with E-state index in [1.165, 1.54) is 0 Å². The van der Waals surface area contributed by atoms with E-state index in [-0.39, 0.29) is 0 Å². The first-order chi connectivity index (χ1) is 10.2. The molecule has 0 bridgehead atoms. The minimum Gasteiger partial charge on any atom is -0.492 e. The number of nitrogen functional groups attached to an aromatic ring is 1. The highest BCUT2D eigenvalue weighted by Crippen LogP contribution is 2.32. The summed E-state index contributed by atoms with van der Waals surface area (Å²) < 4.78 is 10.5. The Kier molecular flexibility index (Phi) is 3.27. The molecule has 3 aromatic rings. The number of H-pyrrole nitrogens is 1. The Balaban J connectivity index is 2.01. The highest BCUT2D eigenvalue weighted by Gasteiger charge is 2.09. The topological polar surface area (TPSA) is 93.3 Å². The average molecular weight is 285 g/mol. The number of nitrogens with two attached hydrogens (primary N) is 1. The standard InChI is InChI=1S/C15H15N3O3/c1-2-20-13-6-4-3-5-10(13)17-11-8-12-14(7-9(11)16)21-15(19)18-12/h3-8,17H,2,16H2,1H3,(H,18,19). The molecular formula is C15H15N3O3. The number of rotatable bonds is 4. The molecule has 0 amide bonds. The fourth-order valence-corrected chi connectivity index (χ4v) is 2.12. The quantitative estimate of drug-likeness (QED) is 0.641. The summed E-state index contributed by atoms with van der Waals surface area (Å²) in [6, 6.07) is 10.9. The maximum absolute atomic E-state index is 11.2. The molecule has 0 radical (unpaired) electrons. The SMILES string of the molecule is CCOc1ccccc1Nc1cc2[nH]c(=O)oc2cc1N. The van der Waals surface area contributed by atoms with Crippen LogP contribution in [0.25, 0.3) is 11.1 Å². The fourth-order valence-electron chi connectivity index (χ4n) is 2.12. The van der Waals surface area contributed by atoms with Gasteiger partial charge in [0.2, 0.25) is 0 Å². The van der Waals surface area contributed by atoms with E-state index < -0.39 is 5.76 Å². The van der Waals surface area contributed by atoms with Crippen LogP contribution in [-0.2, 0) is 0 Å². The van der Waals surface area contributed by atoms with Crippen molar-refractivity contribution in [3.8, 4) is 5.75 Å². The highest BCUT2D eigenvalue weighted by atomic mass is 16.5. The molecule has 0 aliphatic heterocycles. The Hall–Kier alpha value is -2.89. The van der Waals surface area contributed by atoms with Gasteiger partial charge in [-0.15, -0.1) is 0 Å². The van der Waals surface area contributed by atoms with E-state index in [0.29, 0.717) is 29.1 Å². The molecule has 0 saturated carbocycles. The van der Waals surface area contributed by atoms with Gasteiger partial charge in [0.1, 0.15) is 5.75 Å². The number of aromatic nitrogens is 1. The van der Waals surface area contributed by atoms with Crippen molar-refractivity contribution in [1.29, 1.82) is 0 Å². The number of anilines is 3. The van der Waals surface area contributed by atoms with Crippen LogP contribution in [0.4, 0.5) is 17.1 Å². The zero-order chi connectivity index (χ0) is 14.8. The van der Waals surface area contributed by atoms with Gasteiger partial charge in [-0.05, 0) is 25.1 Å². The maximum atomic E-state index is 11.2. The zero-order valence-corrected chi connectivity index (χ0v) is 11.5. The van der Waals surface area contributed by atoms with Gasteiger partial charge < -0.3 is 20.2 Å². The maximum Gasteiger partial charge on any atom is 0.417 e. The van der Waals surface area contributed by atoms with Crippen molar-refractivity contribution in [3.63, 3.8) is 0 Å².